The van der Waals surface area contributed by atoms with Gasteiger partial charge >= 0.3 is 6.18 Å². The van der Waals surface area contributed by atoms with Crippen LogP contribution >= 0.6 is 0 Å². The number of piperidine rings is 1. The van der Waals surface area contributed by atoms with E-state index in [4.69, 9.17) is 0 Å². The summed E-state index contributed by atoms with van der Waals surface area (Å²) in [5.74, 6) is -0.329. The summed E-state index contributed by atoms with van der Waals surface area (Å²) in [6, 6.07) is 7.01. The molecule has 4 rings (SSSR count). The number of halogens is 3. The van der Waals surface area contributed by atoms with Crippen molar-refractivity contribution in [2.24, 2.45) is 7.05 Å². The molecule has 6 nitrogen and oxygen atoms in total. The van der Waals surface area contributed by atoms with Crippen molar-refractivity contribution in [1.29, 1.82) is 0 Å². The van der Waals surface area contributed by atoms with Crippen LogP contribution in [0.2, 0.25) is 0 Å². The number of nitrogens with zero attached hydrogens (tertiary/aromatic N) is 5. The molecule has 146 valence electrons. The summed E-state index contributed by atoms with van der Waals surface area (Å²) in [6.07, 6.45) is -1.42. The molecule has 9 heteroatoms. The fraction of sp³-hybridized carbons (Fsp3) is 0.368. The van der Waals surface area contributed by atoms with Gasteiger partial charge in [-0.15, -0.1) is 5.10 Å². The maximum atomic E-state index is 13.0. The molecule has 1 amide bonds. The predicted octanol–water partition coefficient (Wildman–Crippen LogP) is 3.40. The van der Waals surface area contributed by atoms with Crippen LogP contribution in [-0.4, -0.2) is 43.9 Å². The van der Waals surface area contributed by atoms with Crippen LogP contribution in [0.4, 0.5) is 13.2 Å². The molecule has 0 radical (unpaired) electrons. The monoisotopic (exact) mass is 389 g/mol. The first-order valence-corrected chi connectivity index (χ1v) is 8.95. The van der Waals surface area contributed by atoms with Gasteiger partial charge in [-0.05, 0) is 30.5 Å². The van der Waals surface area contributed by atoms with E-state index in [9.17, 15) is 18.0 Å². The lowest BCUT2D eigenvalue weighted by molar-refractivity contribution is -0.137. The first-order valence-electron chi connectivity index (χ1n) is 8.95. The van der Waals surface area contributed by atoms with Crippen LogP contribution < -0.4 is 0 Å². The fourth-order valence-corrected chi connectivity index (χ4v) is 3.63. The number of carbonyl (C=O) groups is 1. The van der Waals surface area contributed by atoms with E-state index in [1.807, 2.05) is 0 Å². The Morgan fingerprint density at radius 3 is 2.86 bits per heavy atom. The largest absolute Gasteiger partial charge is 0.416 e. The van der Waals surface area contributed by atoms with E-state index in [0.29, 0.717) is 35.4 Å². The summed E-state index contributed by atoms with van der Waals surface area (Å²) < 4.78 is 40.5. The smallest absolute Gasteiger partial charge is 0.338 e. The van der Waals surface area contributed by atoms with Crippen molar-refractivity contribution in [3.8, 4) is 0 Å². The highest BCUT2D eigenvalue weighted by molar-refractivity contribution is 5.96. The molecule has 0 spiro atoms. The third-order valence-corrected chi connectivity index (χ3v) is 5.08. The zero-order valence-electron chi connectivity index (χ0n) is 15.1. The molecular weight excluding hydrogens is 371 g/mol. The number of alkyl halides is 3. The van der Waals surface area contributed by atoms with Gasteiger partial charge in [-0.25, -0.2) is 9.67 Å². The zero-order valence-corrected chi connectivity index (χ0v) is 15.1. The molecule has 1 aliphatic heterocycles. The average Bonchev–Trinajstić information content (AvgIpc) is 3.07. The second-order valence-corrected chi connectivity index (χ2v) is 6.99. The van der Waals surface area contributed by atoms with Gasteiger partial charge in [-0.2, -0.15) is 13.2 Å². The summed E-state index contributed by atoms with van der Waals surface area (Å²) in [6.45, 7) is 0.936. The minimum atomic E-state index is -4.38. The van der Waals surface area contributed by atoms with E-state index in [1.54, 1.807) is 24.1 Å². The number of amides is 1. The maximum absolute atomic E-state index is 13.0. The van der Waals surface area contributed by atoms with Gasteiger partial charge in [-0.3, -0.25) is 4.79 Å². The Bertz CT molecular complexity index is 1030. The Labute approximate surface area is 159 Å². The Hall–Kier alpha value is -2.97. The quantitative estimate of drug-likeness (QED) is 0.674. The van der Waals surface area contributed by atoms with Crippen LogP contribution in [0.1, 0.15) is 40.2 Å². The third-order valence-electron chi connectivity index (χ3n) is 5.08. The highest BCUT2D eigenvalue weighted by atomic mass is 19.4. The van der Waals surface area contributed by atoms with Crippen LogP contribution in [0.15, 0.2) is 36.5 Å². The SMILES string of the molecule is Cn1nnc2cc(C(=O)N3CCCC(c4cccc(C(F)(F)F)c4)C3)cnc21. The number of benzene rings is 1. The first kappa shape index (κ1) is 18.4. The summed E-state index contributed by atoms with van der Waals surface area (Å²) >= 11 is 0. The van der Waals surface area contributed by atoms with Gasteiger partial charge < -0.3 is 4.90 Å². The Balaban J connectivity index is 1.55. The molecule has 1 atom stereocenters. The summed E-state index contributed by atoms with van der Waals surface area (Å²) in [7, 11) is 1.72. The number of hydrogen-bond acceptors (Lipinski definition) is 4. The van der Waals surface area contributed by atoms with E-state index in [1.165, 1.54) is 23.0 Å². The van der Waals surface area contributed by atoms with E-state index in [0.717, 1.165) is 18.9 Å². The molecule has 1 aliphatic rings. The highest BCUT2D eigenvalue weighted by Crippen LogP contribution is 2.33. The zero-order chi connectivity index (χ0) is 19.9. The van der Waals surface area contributed by atoms with Crippen LogP contribution in [-0.2, 0) is 13.2 Å². The maximum Gasteiger partial charge on any atom is 0.416 e. The normalized spacial score (nSPS) is 17.9. The van der Waals surface area contributed by atoms with Crippen molar-refractivity contribution in [1.82, 2.24) is 24.9 Å². The van der Waals surface area contributed by atoms with Gasteiger partial charge in [0.2, 0.25) is 0 Å². The molecule has 1 saturated heterocycles. The molecule has 3 heterocycles. The molecule has 1 aromatic carbocycles. The molecule has 1 unspecified atom stereocenters. The van der Waals surface area contributed by atoms with E-state index in [2.05, 4.69) is 15.3 Å². The minimum absolute atomic E-state index is 0.131. The number of aromatic nitrogens is 4. The van der Waals surface area contributed by atoms with Crippen molar-refractivity contribution in [3.63, 3.8) is 0 Å². The Morgan fingerprint density at radius 1 is 1.25 bits per heavy atom. The number of pyridine rings is 1. The molecule has 28 heavy (non-hydrogen) atoms. The lowest BCUT2D eigenvalue weighted by Gasteiger charge is -2.33. The van der Waals surface area contributed by atoms with Crippen molar-refractivity contribution in [3.05, 3.63) is 53.2 Å². The molecular formula is C19H18F3N5O. The van der Waals surface area contributed by atoms with E-state index < -0.39 is 11.7 Å². The van der Waals surface area contributed by atoms with Gasteiger partial charge in [0.05, 0.1) is 11.1 Å². The molecule has 1 fully saturated rings. The first-order chi connectivity index (χ1) is 13.3. The van der Waals surface area contributed by atoms with E-state index >= 15 is 0 Å². The molecule has 0 N–H and O–H groups in total. The van der Waals surface area contributed by atoms with Gasteiger partial charge in [0.15, 0.2) is 5.65 Å². The summed E-state index contributed by atoms with van der Waals surface area (Å²) in [5, 5.41) is 7.85. The van der Waals surface area contributed by atoms with Crippen LogP contribution in [0.5, 0.6) is 0 Å². The van der Waals surface area contributed by atoms with Gasteiger partial charge in [0.1, 0.15) is 5.52 Å². The number of fused-ring (bicyclic) bond motifs is 1. The molecule has 2 aromatic heterocycles. The van der Waals surface area contributed by atoms with E-state index in [-0.39, 0.29) is 11.8 Å². The van der Waals surface area contributed by atoms with Crippen LogP contribution in [0.3, 0.4) is 0 Å². The van der Waals surface area contributed by atoms with Gasteiger partial charge in [-0.1, -0.05) is 23.4 Å². The third kappa shape index (κ3) is 3.44. The molecule has 3 aromatic rings. The van der Waals surface area contributed by atoms with Crippen LogP contribution in [0.25, 0.3) is 11.2 Å². The Morgan fingerprint density at radius 2 is 2.07 bits per heavy atom. The van der Waals surface area contributed by atoms with Crippen molar-refractivity contribution in [2.45, 2.75) is 24.9 Å². The molecule has 0 bridgehead atoms. The summed E-state index contributed by atoms with van der Waals surface area (Å²) in [4.78, 5) is 18.8. The number of hydrogen-bond donors (Lipinski definition) is 0. The minimum Gasteiger partial charge on any atom is -0.338 e. The second kappa shape index (κ2) is 6.88. The summed E-state index contributed by atoms with van der Waals surface area (Å²) in [5.41, 5.74) is 1.45. The number of aryl methyl sites for hydroxylation is 1. The van der Waals surface area contributed by atoms with Gasteiger partial charge in [0.25, 0.3) is 5.91 Å². The number of likely N-dealkylation sites (tertiary alicyclic amines) is 1. The highest BCUT2D eigenvalue weighted by Gasteiger charge is 2.32. The number of rotatable bonds is 2. The lowest BCUT2D eigenvalue weighted by atomic mass is 9.89. The standard InChI is InChI=1S/C19H18F3N5O/c1-26-17-16(24-25-26)9-14(10-23-17)18(28)27-7-3-5-13(11-27)12-4-2-6-15(8-12)19(20,21)22/h2,4,6,8-10,13H,3,5,7,11H2,1H3. The fourth-order valence-electron chi connectivity index (χ4n) is 3.63. The van der Waals surface area contributed by atoms with Crippen molar-refractivity contribution < 1.29 is 18.0 Å². The topological polar surface area (TPSA) is 63.9 Å². The molecule has 0 saturated carbocycles. The lowest BCUT2D eigenvalue weighted by Crippen LogP contribution is -2.39. The predicted molar refractivity (Wildman–Crippen MR) is 95.6 cm³/mol. The van der Waals surface area contributed by atoms with Crippen LogP contribution in [0, 0.1) is 0 Å². The van der Waals surface area contributed by atoms with Crippen molar-refractivity contribution in [2.75, 3.05) is 13.1 Å². The number of carbonyl (C=O) groups excluding carboxylic acids is 1. The van der Waals surface area contributed by atoms with Gasteiger partial charge in [0, 0.05) is 32.3 Å². The Kier molecular flexibility index (Phi) is 4.52. The molecule has 0 aliphatic carbocycles. The van der Waals surface area contributed by atoms with Crippen molar-refractivity contribution >= 4 is 17.1 Å². The average molecular weight is 389 g/mol. The second-order valence-electron chi connectivity index (χ2n) is 6.99.